The average Bonchev–Trinajstić information content (AvgIpc) is 2.64. The molecule has 0 aliphatic rings. The summed E-state index contributed by atoms with van der Waals surface area (Å²) in [7, 11) is 3.49. The van der Waals surface area contributed by atoms with Gasteiger partial charge in [-0.1, -0.05) is 0 Å². The Kier molecular flexibility index (Phi) is 3.43. The molecule has 1 heterocycles. The van der Waals surface area contributed by atoms with E-state index in [1.807, 2.05) is 13.0 Å². The molecule has 1 aromatic carbocycles. The minimum atomic E-state index is -0.453. The van der Waals surface area contributed by atoms with E-state index in [-0.39, 0.29) is 5.56 Å². The molecule has 0 spiro atoms. The van der Waals surface area contributed by atoms with Crippen LogP contribution < -0.4 is 5.32 Å². The molecule has 0 radical (unpaired) electrons. The maximum absolute atomic E-state index is 13.8. The summed E-state index contributed by atoms with van der Waals surface area (Å²) in [5.41, 5.74) is 1.91. The lowest BCUT2D eigenvalue weighted by atomic mass is 10.0. The fraction of sp³-hybridized carbons (Fsp3) is 0.308. The Bertz CT molecular complexity index is 563. The Morgan fingerprint density at radius 3 is 2.56 bits per heavy atom. The van der Waals surface area contributed by atoms with Crippen molar-refractivity contribution in [2.75, 3.05) is 7.05 Å². The highest BCUT2D eigenvalue weighted by Gasteiger charge is 2.20. The minimum Gasteiger partial charge on any atom is -0.308 e. The van der Waals surface area contributed by atoms with E-state index >= 15 is 0 Å². The normalized spacial score (nSPS) is 12.7. The fourth-order valence-electron chi connectivity index (χ4n) is 2.10. The topological polar surface area (TPSA) is 29.9 Å². The quantitative estimate of drug-likeness (QED) is 0.907. The Morgan fingerprint density at radius 1 is 1.28 bits per heavy atom. The fourth-order valence-corrected chi connectivity index (χ4v) is 2.10. The summed E-state index contributed by atoms with van der Waals surface area (Å²) in [5.74, 6) is -0.889. The predicted molar refractivity (Wildman–Crippen MR) is 65.2 cm³/mol. The predicted octanol–water partition coefficient (Wildman–Crippen LogP) is 2.32. The molecule has 96 valence electrons. The van der Waals surface area contributed by atoms with Gasteiger partial charge in [-0.25, -0.2) is 8.78 Å². The number of hydrogen-bond acceptors (Lipinski definition) is 2. The van der Waals surface area contributed by atoms with Crippen LogP contribution in [-0.2, 0) is 7.05 Å². The van der Waals surface area contributed by atoms with Crippen LogP contribution in [0.15, 0.2) is 24.3 Å². The Morgan fingerprint density at radius 2 is 2.00 bits per heavy atom. The lowest BCUT2D eigenvalue weighted by Gasteiger charge is -2.17. The molecule has 18 heavy (non-hydrogen) atoms. The second-order valence-corrected chi connectivity index (χ2v) is 4.22. The molecule has 3 nitrogen and oxygen atoms in total. The molecule has 1 aromatic heterocycles. The Balaban J connectivity index is 2.51. The van der Waals surface area contributed by atoms with Gasteiger partial charge in [-0.15, -0.1) is 0 Å². The Labute approximate surface area is 104 Å². The maximum atomic E-state index is 13.8. The van der Waals surface area contributed by atoms with Crippen molar-refractivity contribution in [1.82, 2.24) is 15.1 Å². The van der Waals surface area contributed by atoms with Gasteiger partial charge in [0.25, 0.3) is 0 Å². The zero-order chi connectivity index (χ0) is 13.3. The van der Waals surface area contributed by atoms with Crippen LogP contribution in [0.5, 0.6) is 0 Å². The number of nitrogens with one attached hydrogen (secondary N) is 1. The molecule has 1 atom stereocenters. The van der Waals surface area contributed by atoms with Crippen LogP contribution in [0.4, 0.5) is 8.78 Å². The van der Waals surface area contributed by atoms with Gasteiger partial charge in [-0.3, -0.25) is 4.68 Å². The summed E-state index contributed by atoms with van der Waals surface area (Å²) in [6.07, 6.45) is 0. The summed E-state index contributed by atoms with van der Waals surface area (Å²) < 4.78 is 28.7. The number of nitrogens with zero attached hydrogens (tertiary/aromatic N) is 2. The number of hydrogen-bond donors (Lipinski definition) is 1. The number of aromatic nitrogens is 2. The SMILES string of the molecule is CNC(c1cc(F)ccc1F)c1cc(C)nn1C. The smallest absolute Gasteiger partial charge is 0.128 e. The Hall–Kier alpha value is -1.75. The summed E-state index contributed by atoms with van der Waals surface area (Å²) in [5, 5.41) is 7.21. The standard InChI is InChI=1S/C13H15F2N3/c1-8-6-12(18(3)17-8)13(16-2)10-7-9(14)4-5-11(10)15/h4-7,13,16H,1-3H3. The van der Waals surface area contributed by atoms with E-state index in [0.29, 0.717) is 0 Å². The summed E-state index contributed by atoms with van der Waals surface area (Å²) >= 11 is 0. The minimum absolute atomic E-state index is 0.278. The monoisotopic (exact) mass is 251 g/mol. The van der Waals surface area contributed by atoms with Crippen LogP contribution in [0.25, 0.3) is 0 Å². The third-order valence-electron chi connectivity index (χ3n) is 2.89. The first-order valence-corrected chi connectivity index (χ1v) is 5.65. The van der Waals surface area contributed by atoms with Crippen molar-refractivity contribution in [3.8, 4) is 0 Å². The van der Waals surface area contributed by atoms with Gasteiger partial charge in [0.05, 0.1) is 17.4 Å². The molecule has 2 aromatic rings. The molecule has 0 bridgehead atoms. The van der Waals surface area contributed by atoms with E-state index < -0.39 is 17.7 Å². The van der Waals surface area contributed by atoms with Crippen LogP contribution in [0, 0.1) is 18.6 Å². The lowest BCUT2D eigenvalue weighted by Crippen LogP contribution is -2.21. The molecule has 0 aliphatic heterocycles. The maximum Gasteiger partial charge on any atom is 0.128 e. The first-order valence-electron chi connectivity index (χ1n) is 5.65. The van der Waals surface area contributed by atoms with Gasteiger partial charge in [0.2, 0.25) is 0 Å². The van der Waals surface area contributed by atoms with Gasteiger partial charge in [0.1, 0.15) is 11.6 Å². The molecule has 0 fully saturated rings. The zero-order valence-corrected chi connectivity index (χ0v) is 10.5. The summed E-state index contributed by atoms with van der Waals surface area (Å²) in [4.78, 5) is 0. The molecule has 2 rings (SSSR count). The third-order valence-corrected chi connectivity index (χ3v) is 2.89. The van der Waals surface area contributed by atoms with Crippen molar-refractivity contribution in [3.63, 3.8) is 0 Å². The molecular formula is C13H15F2N3. The van der Waals surface area contributed by atoms with E-state index in [1.165, 1.54) is 6.07 Å². The highest BCUT2D eigenvalue weighted by atomic mass is 19.1. The van der Waals surface area contributed by atoms with Crippen LogP contribution in [0.1, 0.15) is 23.0 Å². The largest absolute Gasteiger partial charge is 0.308 e. The molecule has 0 saturated carbocycles. The molecule has 5 heteroatoms. The van der Waals surface area contributed by atoms with Crippen LogP contribution in [0.3, 0.4) is 0 Å². The van der Waals surface area contributed by atoms with E-state index in [0.717, 1.165) is 23.5 Å². The van der Waals surface area contributed by atoms with Crippen molar-refractivity contribution in [2.24, 2.45) is 7.05 Å². The van der Waals surface area contributed by atoms with Gasteiger partial charge in [-0.05, 0) is 38.2 Å². The molecule has 1 unspecified atom stereocenters. The van der Waals surface area contributed by atoms with Crippen molar-refractivity contribution in [1.29, 1.82) is 0 Å². The van der Waals surface area contributed by atoms with Gasteiger partial charge in [-0.2, -0.15) is 5.10 Å². The van der Waals surface area contributed by atoms with Gasteiger partial charge >= 0.3 is 0 Å². The average molecular weight is 251 g/mol. The van der Waals surface area contributed by atoms with Gasteiger partial charge < -0.3 is 5.32 Å². The number of rotatable bonds is 3. The number of benzene rings is 1. The van der Waals surface area contributed by atoms with E-state index in [2.05, 4.69) is 10.4 Å². The number of aryl methyl sites for hydroxylation is 2. The van der Waals surface area contributed by atoms with Crippen LogP contribution in [-0.4, -0.2) is 16.8 Å². The molecule has 0 amide bonds. The molecule has 0 aliphatic carbocycles. The van der Waals surface area contributed by atoms with E-state index in [1.54, 1.807) is 18.8 Å². The summed E-state index contributed by atoms with van der Waals surface area (Å²) in [6.45, 7) is 1.86. The first-order chi connectivity index (χ1) is 8.52. The number of halogens is 2. The van der Waals surface area contributed by atoms with E-state index in [9.17, 15) is 8.78 Å². The third kappa shape index (κ3) is 2.26. The van der Waals surface area contributed by atoms with Gasteiger partial charge in [0.15, 0.2) is 0 Å². The van der Waals surface area contributed by atoms with Gasteiger partial charge in [0, 0.05) is 12.6 Å². The highest BCUT2D eigenvalue weighted by molar-refractivity contribution is 5.30. The van der Waals surface area contributed by atoms with Crippen molar-refractivity contribution in [3.05, 3.63) is 52.9 Å². The van der Waals surface area contributed by atoms with Crippen molar-refractivity contribution in [2.45, 2.75) is 13.0 Å². The second-order valence-electron chi connectivity index (χ2n) is 4.22. The second kappa shape index (κ2) is 4.86. The van der Waals surface area contributed by atoms with Crippen LogP contribution >= 0.6 is 0 Å². The zero-order valence-electron chi connectivity index (χ0n) is 10.5. The van der Waals surface area contributed by atoms with E-state index in [4.69, 9.17) is 0 Å². The molecule has 1 N–H and O–H groups in total. The van der Waals surface area contributed by atoms with Crippen molar-refractivity contribution < 1.29 is 8.78 Å². The molecule has 0 saturated heterocycles. The summed E-state index contributed by atoms with van der Waals surface area (Å²) in [6, 6.07) is 4.88. The van der Waals surface area contributed by atoms with Crippen LogP contribution in [0.2, 0.25) is 0 Å². The van der Waals surface area contributed by atoms with Crippen molar-refractivity contribution >= 4 is 0 Å². The molecular weight excluding hydrogens is 236 g/mol. The lowest BCUT2D eigenvalue weighted by molar-refractivity contribution is 0.539. The first kappa shape index (κ1) is 12.7. The highest BCUT2D eigenvalue weighted by Crippen LogP contribution is 2.25.